The van der Waals surface area contributed by atoms with Crippen LogP contribution < -0.4 is 0 Å². The summed E-state index contributed by atoms with van der Waals surface area (Å²) in [5, 5.41) is 0. The fraction of sp³-hybridized carbons (Fsp3) is 0.688. The van der Waals surface area contributed by atoms with Crippen LogP contribution in [0.2, 0.25) is 0 Å². The molecule has 3 atom stereocenters. The summed E-state index contributed by atoms with van der Waals surface area (Å²) < 4.78 is 13.5. The average molecular weight is 526 g/mol. The molecule has 1 saturated carbocycles. The molecule has 5 nitrogen and oxygen atoms in total. The lowest BCUT2D eigenvalue weighted by Crippen LogP contribution is -2.52. The van der Waals surface area contributed by atoms with Crippen LogP contribution in [-0.4, -0.2) is 72.3 Å². The average Bonchev–Trinajstić information content (AvgIpc) is 2.85. The van der Waals surface area contributed by atoms with E-state index in [-0.39, 0.29) is 23.0 Å². The Morgan fingerprint density at radius 1 is 1.11 bits per heavy atom. The Labute approximate surface area is 229 Å². The Morgan fingerprint density at radius 2 is 1.76 bits per heavy atom. The van der Waals surface area contributed by atoms with E-state index < -0.39 is 0 Å². The first-order valence-corrected chi connectivity index (χ1v) is 14.6. The first-order chi connectivity index (χ1) is 17.8. The number of benzene rings is 1. The van der Waals surface area contributed by atoms with Crippen LogP contribution in [0.15, 0.2) is 35.9 Å². The van der Waals surface area contributed by atoms with E-state index in [0.29, 0.717) is 42.3 Å². The van der Waals surface area contributed by atoms with Crippen molar-refractivity contribution in [3.8, 4) is 0 Å². The van der Waals surface area contributed by atoms with Crippen molar-refractivity contribution in [3.05, 3.63) is 47.3 Å². The van der Waals surface area contributed by atoms with Crippen molar-refractivity contribution in [2.75, 3.05) is 45.8 Å². The van der Waals surface area contributed by atoms with E-state index in [1.807, 2.05) is 9.80 Å². The fourth-order valence-corrected chi connectivity index (χ4v) is 6.93. The molecule has 4 aliphatic rings. The number of fused-ring (bicyclic) bond motifs is 1. The van der Waals surface area contributed by atoms with Crippen molar-refractivity contribution in [2.24, 2.45) is 28.6 Å². The number of amides is 2. The molecule has 3 unspecified atom stereocenters. The van der Waals surface area contributed by atoms with Crippen molar-refractivity contribution in [1.29, 1.82) is 0 Å². The van der Waals surface area contributed by atoms with Crippen LogP contribution in [0.25, 0.3) is 0 Å². The molecule has 38 heavy (non-hydrogen) atoms. The highest BCUT2D eigenvalue weighted by Crippen LogP contribution is 2.59. The van der Waals surface area contributed by atoms with Gasteiger partial charge in [-0.1, -0.05) is 53.2 Å². The van der Waals surface area contributed by atoms with Gasteiger partial charge in [0.1, 0.15) is 5.82 Å². The maximum atomic E-state index is 13.5. The zero-order valence-electron chi connectivity index (χ0n) is 24.4. The van der Waals surface area contributed by atoms with E-state index in [4.69, 9.17) is 0 Å². The number of rotatable bonds is 9. The highest BCUT2D eigenvalue weighted by Gasteiger charge is 2.51. The minimum absolute atomic E-state index is 0.0354. The van der Waals surface area contributed by atoms with Crippen molar-refractivity contribution in [1.82, 2.24) is 14.7 Å². The molecule has 3 aliphatic carbocycles. The lowest BCUT2D eigenvalue weighted by Gasteiger charge is -2.57. The molecule has 0 N–H and O–H groups in total. The predicted octanol–water partition coefficient (Wildman–Crippen LogP) is 5.87. The standard InChI is InChI=1S/C32H48FN3O2/c1-23(21-31(2,3)4)19-29(37)35-16-13-34(14-17-35)15-18-36(30(38)24-8-11-27(33)12-9-24)22-25-7-10-26-20-28(25)32(26,5)6/h7-9,11-12,23,26,28H,10,13-22H2,1-6H3. The summed E-state index contributed by atoms with van der Waals surface area (Å²) in [6.45, 7) is 18.8. The number of nitrogens with zero attached hydrogens (tertiary/aromatic N) is 3. The van der Waals surface area contributed by atoms with Gasteiger partial charge in [0.25, 0.3) is 5.91 Å². The minimum atomic E-state index is -0.328. The van der Waals surface area contributed by atoms with Crippen LogP contribution in [0.5, 0.6) is 0 Å². The zero-order chi connectivity index (χ0) is 27.7. The largest absolute Gasteiger partial charge is 0.340 e. The molecule has 1 aromatic rings. The van der Waals surface area contributed by atoms with E-state index in [1.54, 1.807) is 12.1 Å². The summed E-state index contributed by atoms with van der Waals surface area (Å²) in [5.41, 5.74) is 2.46. The number of carbonyl (C=O) groups is 2. The van der Waals surface area contributed by atoms with E-state index >= 15 is 0 Å². The van der Waals surface area contributed by atoms with Crippen molar-refractivity contribution in [2.45, 2.75) is 67.2 Å². The Bertz CT molecular complexity index is 1020. The van der Waals surface area contributed by atoms with Gasteiger partial charge in [-0.15, -0.1) is 0 Å². The topological polar surface area (TPSA) is 43.9 Å². The molecule has 6 heteroatoms. The molecule has 0 spiro atoms. The molecule has 1 aliphatic heterocycles. The Balaban J connectivity index is 1.33. The minimum Gasteiger partial charge on any atom is -0.340 e. The molecule has 2 amide bonds. The van der Waals surface area contributed by atoms with E-state index in [1.165, 1.54) is 24.1 Å². The lowest BCUT2D eigenvalue weighted by molar-refractivity contribution is -0.134. The molecule has 1 saturated heterocycles. The van der Waals surface area contributed by atoms with Crippen LogP contribution >= 0.6 is 0 Å². The van der Waals surface area contributed by atoms with Gasteiger partial charge in [0.05, 0.1) is 0 Å². The van der Waals surface area contributed by atoms with Crippen LogP contribution in [-0.2, 0) is 4.79 Å². The van der Waals surface area contributed by atoms with Gasteiger partial charge in [-0.05, 0) is 72.1 Å². The normalized spacial score (nSPS) is 23.9. The summed E-state index contributed by atoms with van der Waals surface area (Å²) in [4.78, 5) is 32.7. The van der Waals surface area contributed by atoms with Crippen LogP contribution in [0.1, 0.15) is 77.6 Å². The maximum absolute atomic E-state index is 13.5. The smallest absolute Gasteiger partial charge is 0.254 e. The number of carbonyl (C=O) groups excluding carboxylic acids is 2. The number of piperazine rings is 1. The number of allylic oxidation sites excluding steroid dienone is 1. The van der Waals surface area contributed by atoms with Crippen LogP contribution in [0.3, 0.4) is 0 Å². The Kier molecular flexibility index (Phi) is 8.71. The van der Waals surface area contributed by atoms with Gasteiger partial charge in [0, 0.05) is 57.8 Å². The molecule has 210 valence electrons. The predicted molar refractivity (Wildman–Crippen MR) is 151 cm³/mol. The molecule has 0 radical (unpaired) electrons. The molecule has 2 bridgehead atoms. The molecular formula is C32H48FN3O2. The zero-order valence-corrected chi connectivity index (χ0v) is 24.4. The van der Waals surface area contributed by atoms with E-state index in [0.717, 1.165) is 51.5 Å². The van der Waals surface area contributed by atoms with Crippen molar-refractivity contribution < 1.29 is 14.0 Å². The van der Waals surface area contributed by atoms with E-state index in [2.05, 4.69) is 52.5 Å². The quantitative estimate of drug-likeness (QED) is 0.379. The summed E-state index contributed by atoms with van der Waals surface area (Å²) in [6, 6.07) is 5.91. The SMILES string of the molecule is CC(CC(=O)N1CCN(CCN(CC2=CCC3CC2C3(C)C)C(=O)c2ccc(F)cc2)CC1)CC(C)(C)C. The summed E-state index contributed by atoms with van der Waals surface area (Å²) in [6.07, 6.45) is 6.35. The van der Waals surface area contributed by atoms with Gasteiger partial charge in [0.15, 0.2) is 0 Å². The summed E-state index contributed by atoms with van der Waals surface area (Å²) in [7, 11) is 0. The number of hydrogen-bond donors (Lipinski definition) is 0. The Morgan fingerprint density at radius 3 is 2.34 bits per heavy atom. The highest BCUT2D eigenvalue weighted by molar-refractivity contribution is 5.94. The summed E-state index contributed by atoms with van der Waals surface area (Å²) in [5.74, 6) is 1.59. The highest BCUT2D eigenvalue weighted by atomic mass is 19.1. The number of hydrogen-bond acceptors (Lipinski definition) is 3. The molecule has 1 aromatic carbocycles. The number of halogens is 1. The monoisotopic (exact) mass is 525 g/mol. The third-order valence-electron chi connectivity index (χ3n) is 9.23. The molecule has 0 aromatic heterocycles. The van der Waals surface area contributed by atoms with Crippen LogP contribution in [0.4, 0.5) is 4.39 Å². The molecule has 5 rings (SSSR count). The van der Waals surface area contributed by atoms with Gasteiger partial charge >= 0.3 is 0 Å². The molecule has 2 fully saturated rings. The second kappa shape index (κ2) is 11.5. The first-order valence-electron chi connectivity index (χ1n) is 14.6. The third kappa shape index (κ3) is 6.86. The molecular weight excluding hydrogens is 477 g/mol. The molecule has 1 heterocycles. The van der Waals surface area contributed by atoms with Crippen molar-refractivity contribution in [3.63, 3.8) is 0 Å². The first kappa shape index (κ1) is 28.8. The maximum Gasteiger partial charge on any atom is 0.254 e. The van der Waals surface area contributed by atoms with Gasteiger partial charge < -0.3 is 9.80 Å². The third-order valence-corrected chi connectivity index (χ3v) is 9.23. The fourth-order valence-electron chi connectivity index (χ4n) is 6.93. The summed E-state index contributed by atoms with van der Waals surface area (Å²) >= 11 is 0. The lowest BCUT2D eigenvalue weighted by atomic mass is 9.49. The second-order valence-electron chi connectivity index (χ2n) is 13.9. The second-order valence-corrected chi connectivity index (χ2v) is 13.9. The Hall–Kier alpha value is -2.21. The van der Waals surface area contributed by atoms with Gasteiger partial charge in [-0.25, -0.2) is 4.39 Å². The van der Waals surface area contributed by atoms with Crippen molar-refractivity contribution >= 4 is 11.8 Å². The van der Waals surface area contributed by atoms with Gasteiger partial charge in [0.2, 0.25) is 5.91 Å². The van der Waals surface area contributed by atoms with Gasteiger partial charge in [-0.2, -0.15) is 0 Å². The van der Waals surface area contributed by atoms with Crippen LogP contribution in [0, 0.1) is 34.4 Å². The van der Waals surface area contributed by atoms with E-state index in [9.17, 15) is 14.0 Å². The van der Waals surface area contributed by atoms with Gasteiger partial charge in [-0.3, -0.25) is 14.5 Å².